The Kier molecular flexibility index (Phi) is 7.77. The molecule has 11 heavy (non-hydrogen) atoms. The van der Waals surface area contributed by atoms with Gasteiger partial charge in [0.25, 0.3) is 5.97 Å². The molecule has 6 heteroatoms. The van der Waals surface area contributed by atoms with Gasteiger partial charge < -0.3 is 5.11 Å². The Morgan fingerprint density at radius 1 is 1.55 bits per heavy atom. The molecule has 1 N–H and O–H groups in total. The molecule has 0 aliphatic rings. The van der Waals surface area contributed by atoms with E-state index in [0.717, 1.165) is 6.92 Å². The summed E-state index contributed by atoms with van der Waals surface area (Å²) in [7, 11) is 1.60. The average molecular weight is 203 g/mol. The fourth-order valence-electron chi connectivity index (χ4n) is 0.244. The Morgan fingerprint density at radius 3 is 1.82 bits per heavy atom. The Bertz CT molecular complexity index is 193. The number of hydrogen-bond donors (Lipinski definition) is 1. The molecule has 0 heterocycles. The smallest absolute Gasteiger partial charge is 0.300 e. The highest BCUT2D eigenvalue weighted by atomic mass is 35.7. The van der Waals surface area contributed by atoms with E-state index in [1.54, 1.807) is 6.92 Å². The Morgan fingerprint density at radius 2 is 1.82 bits per heavy atom. The van der Waals surface area contributed by atoms with Crippen LogP contribution in [-0.2, 0) is 13.8 Å². The van der Waals surface area contributed by atoms with Crippen molar-refractivity contribution in [1.82, 2.24) is 0 Å². The molecule has 0 atom stereocenters. The average Bonchev–Trinajstić information content (AvgIpc) is 1.58. The van der Waals surface area contributed by atoms with E-state index in [2.05, 4.69) is 0 Å². The molecule has 0 saturated carbocycles. The lowest BCUT2D eigenvalue weighted by atomic mass is 10.6. The molecule has 0 aromatic rings. The van der Waals surface area contributed by atoms with Crippen LogP contribution >= 0.6 is 10.7 Å². The molecule has 0 spiro atoms. The standard InChI is InChI=1S/C3H7ClO2S.C2H4O2/c1-2-3-7(4,5)6;1-2(3)4/h2-3H2,1H3;1H3,(H,3,4). The lowest BCUT2D eigenvalue weighted by Crippen LogP contribution is -1.93. The van der Waals surface area contributed by atoms with E-state index in [-0.39, 0.29) is 5.75 Å². The number of aliphatic carboxylic acids is 1. The second kappa shape index (κ2) is 6.42. The van der Waals surface area contributed by atoms with E-state index >= 15 is 0 Å². The number of carboxylic acid groups (broad SMARTS) is 1. The van der Waals surface area contributed by atoms with E-state index in [9.17, 15) is 8.42 Å². The van der Waals surface area contributed by atoms with E-state index in [1.807, 2.05) is 0 Å². The lowest BCUT2D eigenvalue weighted by molar-refractivity contribution is -0.134. The van der Waals surface area contributed by atoms with Crippen LogP contribution < -0.4 is 0 Å². The molecular formula is C5H11ClO4S. The molecule has 0 saturated heterocycles. The maximum absolute atomic E-state index is 10.00. The molecule has 0 aliphatic carbocycles. The monoisotopic (exact) mass is 202 g/mol. The van der Waals surface area contributed by atoms with Crippen molar-refractivity contribution in [3.8, 4) is 0 Å². The first kappa shape index (κ1) is 13.3. The van der Waals surface area contributed by atoms with Crippen LogP contribution in [0.2, 0.25) is 0 Å². The molecule has 0 rings (SSSR count). The topological polar surface area (TPSA) is 71.4 Å². The van der Waals surface area contributed by atoms with Crippen molar-refractivity contribution in [2.24, 2.45) is 0 Å². The van der Waals surface area contributed by atoms with Crippen molar-refractivity contribution in [1.29, 1.82) is 0 Å². The SMILES string of the molecule is CC(=O)O.CCCS(=O)(=O)Cl. The van der Waals surface area contributed by atoms with Crippen molar-refractivity contribution in [3.05, 3.63) is 0 Å². The quantitative estimate of drug-likeness (QED) is 0.680. The van der Waals surface area contributed by atoms with Crippen molar-refractivity contribution in [2.45, 2.75) is 20.3 Å². The maximum Gasteiger partial charge on any atom is 0.300 e. The second-order valence-electron chi connectivity index (χ2n) is 1.76. The fraction of sp³-hybridized carbons (Fsp3) is 0.800. The molecule has 0 fully saturated rings. The molecule has 0 amide bonds. The minimum atomic E-state index is -3.20. The van der Waals surface area contributed by atoms with Crippen LogP contribution in [0.25, 0.3) is 0 Å². The zero-order valence-corrected chi connectivity index (χ0v) is 7.94. The molecule has 0 bridgehead atoms. The first-order chi connectivity index (χ1) is 4.79. The van der Waals surface area contributed by atoms with Crippen LogP contribution in [0.15, 0.2) is 0 Å². The summed E-state index contributed by atoms with van der Waals surface area (Å²) in [6, 6.07) is 0. The minimum Gasteiger partial charge on any atom is -0.481 e. The van der Waals surface area contributed by atoms with Gasteiger partial charge in [0.1, 0.15) is 0 Å². The molecule has 0 radical (unpaired) electrons. The summed E-state index contributed by atoms with van der Waals surface area (Å²) < 4.78 is 20.0. The predicted molar refractivity (Wildman–Crippen MR) is 43.2 cm³/mol. The molecule has 68 valence electrons. The Labute approximate surface area is 70.6 Å². The number of carboxylic acids is 1. The molecular weight excluding hydrogens is 192 g/mol. The highest BCUT2D eigenvalue weighted by Gasteiger charge is 1.99. The van der Waals surface area contributed by atoms with Crippen LogP contribution in [-0.4, -0.2) is 25.2 Å². The zero-order chi connectivity index (χ0) is 9.49. The van der Waals surface area contributed by atoms with Crippen LogP contribution in [0.5, 0.6) is 0 Å². The van der Waals surface area contributed by atoms with E-state index in [1.165, 1.54) is 0 Å². The van der Waals surface area contributed by atoms with Gasteiger partial charge in [-0.1, -0.05) is 6.92 Å². The van der Waals surface area contributed by atoms with Crippen molar-refractivity contribution in [3.63, 3.8) is 0 Å². The summed E-state index contributed by atoms with van der Waals surface area (Å²) in [6.45, 7) is 2.85. The minimum absolute atomic E-state index is 0.0779. The van der Waals surface area contributed by atoms with Gasteiger partial charge in [0.15, 0.2) is 0 Å². The third-order valence-electron chi connectivity index (χ3n) is 0.448. The van der Waals surface area contributed by atoms with Crippen molar-refractivity contribution < 1.29 is 18.3 Å². The number of hydrogen-bond acceptors (Lipinski definition) is 3. The van der Waals surface area contributed by atoms with Crippen LogP contribution in [0.4, 0.5) is 0 Å². The normalized spacial score (nSPS) is 9.73. The summed E-state index contributed by atoms with van der Waals surface area (Å²) in [5, 5.41) is 7.42. The first-order valence-corrected chi connectivity index (χ1v) is 5.39. The zero-order valence-electron chi connectivity index (χ0n) is 6.37. The number of rotatable bonds is 2. The summed E-state index contributed by atoms with van der Waals surface area (Å²) in [6.07, 6.45) is 0.589. The van der Waals surface area contributed by atoms with Gasteiger partial charge in [0, 0.05) is 17.6 Å². The lowest BCUT2D eigenvalue weighted by Gasteiger charge is -1.84. The predicted octanol–water partition coefficient (Wildman–Crippen LogP) is 1.06. The van der Waals surface area contributed by atoms with E-state index in [4.69, 9.17) is 20.6 Å². The number of carbonyl (C=O) groups is 1. The van der Waals surface area contributed by atoms with Gasteiger partial charge in [-0.05, 0) is 6.42 Å². The van der Waals surface area contributed by atoms with E-state index in [0.29, 0.717) is 6.42 Å². The Hall–Kier alpha value is -0.290. The van der Waals surface area contributed by atoms with Gasteiger partial charge in [-0.2, -0.15) is 0 Å². The Balaban J connectivity index is 0. The van der Waals surface area contributed by atoms with Gasteiger partial charge in [0.05, 0.1) is 5.75 Å². The highest BCUT2D eigenvalue weighted by molar-refractivity contribution is 8.13. The molecule has 0 unspecified atom stereocenters. The van der Waals surface area contributed by atoms with Crippen molar-refractivity contribution in [2.75, 3.05) is 5.75 Å². The molecule has 4 nitrogen and oxygen atoms in total. The van der Waals surface area contributed by atoms with E-state index < -0.39 is 15.0 Å². The summed E-state index contributed by atoms with van der Waals surface area (Å²) >= 11 is 0. The van der Waals surface area contributed by atoms with Crippen LogP contribution in [0, 0.1) is 0 Å². The first-order valence-electron chi connectivity index (χ1n) is 2.91. The highest BCUT2D eigenvalue weighted by Crippen LogP contribution is 1.96. The summed E-state index contributed by atoms with van der Waals surface area (Å²) in [5.41, 5.74) is 0. The fourth-order valence-corrected chi connectivity index (χ4v) is 1.19. The van der Waals surface area contributed by atoms with Crippen molar-refractivity contribution >= 4 is 25.7 Å². The third kappa shape index (κ3) is 41.9. The number of halogens is 1. The second-order valence-corrected chi connectivity index (χ2v) is 4.66. The molecule has 0 aromatic carbocycles. The van der Waals surface area contributed by atoms with Gasteiger partial charge in [-0.25, -0.2) is 8.42 Å². The molecule has 0 aromatic heterocycles. The molecule has 0 aliphatic heterocycles. The van der Waals surface area contributed by atoms with Crippen LogP contribution in [0.1, 0.15) is 20.3 Å². The maximum atomic E-state index is 10.00. The summed E-state index contributed by atoms with van der Waals surface area (Å²) in [4.78, 5) is 9.00. The van der Waals surface area contributed by atoms with Gasteiger partial charge in [-0.3, -0.25) is 4.79 Å². The van der Waals surface area contributed by atoms with Gasteiger partial charge >= 0.3 is 0 Å². The van der Waals surface area contributed by atoms with Gasteiger partial charge in [0.2, 0.25) is 9.05 Å². The summed E-state index contributed by atoms with van der Waals surface area (Å²) in [5.74, 6) is -0.755. The third-order valence-corrected chi connectivity index (χ3v) is 1.81. The van der Waals surface area contributed by atoms with Gasteiger partial charge in [-0.15, -0.1) is 0 Å². The van der Waals surface area contributed by atoms with Crippen LogP contribution in [0.3, 0.4) is 0 Å². The largest absolute Gasteiger partial charge is 0.481 e.